The number of aromatic nitrogens is 2. The van der Waals surface area contributed by atoms with E-state index in [0.717, 1.165) is 5.56 Å². The van der Waals surface area contributed by atoms with Crippen molar-refractivity contribution < 1.29 is 9.90 Å². The highest BCUT2D eigenvalue weighted by molar-refractivity contribution is 6.32. The highest BCUT2D eigenvalue weighted by atomic mass is 35.5. The fraction of sp³-hybridized carbons (Fsp3) is 0.0833. The van der Waals surface area contributed by atoms with E-state index >= 15 is 0 Å². The average molecular weight is 249 g/mol. The van der Waals surface area contributed by atoms with Crippen LogP contribution < -0.4 is 0 Å². The first-order chi connectivity index (χ1) is 8.18. The molecule has 4 nitrogen and oxygen atoms in total. The number of hydrogen-bond acceptors (Lipinski definition) is 3. The van der Waals surface area contributed by atoms with Gasteiger partial charge in [0, 0.05) is 6.42 Å². The predicted molar refractivity (Wildman–Crippen MR) is 63.2 cm³/mol. The van der Waals surface area contributed by atoms with Gasteiger partial charge in [-0.3, -0.25) is 0 Å². The number of nitrogens with zero attached hydrogens (tertiary/aromatic N) is 2. The third kappa shape index (κ3) is 2.60. The van der Waals surface area contributed by atoms with Crippen LogP contribution in [0.15, 0.2) is 36.7 Å². The summed E-state index contributed by atoms with van der Waals surface area (Å²) in [4.78, 5) is 18.7. The van der Waals surface area contributed by atoms with Gasteiger partial charge in [-0.1, -0.05) is 41.9 Å². The second-order valence-corrected chi connectivity index (χ2v) is 3.81. The van der Waals surface area contributed by atoms with Gasteiger partial charge < -0.3 is 5.11 Å². The van der Waals surface area contributed by atoms with Gasteiger partial charge >= 0.3 is 5.97 Å². The van der Waals surface area contributed by atoms with Gasteiger partial charge in [-0.25, -0.2) is 14.8 Å². The second-order valence-electron chi connectivity index (χ2n) is 3.45. The molecule has 0 unspecified atom stereocenters. The monoisotopic (exact) mass is 248 g/mol. The first-order valence-corrected chi connectivity index (χ1v) is 5.33. The lowest BCUT2D eigenvalue weighted by molar-refractivity contribution is 0.0695. The first kappa shape index (κ1) is 11.5. The van der Waals surface area contributed by atoms with Gasteiger partial charge in [-0.2, -0.15) is 0 Å². The molecule has 86 valence electrons. The van der Waals surface area contributed by atoms with Crippen molar-refractivity contribution in [1.29, 1.82) is 0 Å². The summed E-state index contributed by atoms with van der Waals surface area (Å²) in [5.41, 5.74) is 1.37. The zero-order valence-corrected chi connectivity index (χ0v) is 9.55. The molecule has 1 N–H and O–H groups in total. The van der Waals surface area contributed by atoms with E-state index in [9.17, 15) is 4.79 Å². The fourth-order valence-electron chi connectivity index (χ4n) is 1.53. The van der Waals surface area contributed by atoms with Crippen LogP contribution in [0.1, 0.15) is 21.6 Å². The third-order valence-corrected chi connectivity index (χ3v) is 2.59. The van der Waals surface area contributed by atoms with E-state index < -0.39 is 5.97 Å². The Balaban J connectivity index is 2.40. The quantitative estimate of drug-likeness (QED) is 0.848. The molecule has 1 aromatic carbocycles. The van der Waals surface area contributed by atoms with Gasteiger partial charge in [-0.15, -0.1) is 0 Å². The van der Waals surface area contributed by atoms with Gasteiger partial charge in [0.15, 0.2) is 0 Å². The molecule has 0 bridgehead atoms. The highest BCUT2D eigenvalue weighted by Crippen LogP contribution is 2.18. The van der Waals surface area contributed by atoms with Crippen LogP contribution in [-0.4, -0.2) is 21.0 Å². The number of benzene rings is 1. The summed E-state index contributed by atoms with van der Waals surface area (Å²) in [6.45, 7) is 0. The van der Waals surface area contributed by atoms with E-state index in [0.29, 0.717) is 12.1 Å². The number of carboxylic acid groups (broad SMARTS) is 1. The fourth-order valence-corrected chi connectivity index (χ4v) is 1.77. The summed E-state index contributed by atoms with van der Waals surface area (Å²) in [6, 6.07) is 9.48. The Bertz CT molecular complexity index is 543. The lowest BCUT2D eigenvalue weighted by atomic mass is 10.1. The van der Waals surface area contributed by atoms with Crippen molar-refractivity contribution in [3.05, 3.63) is 58.6 Å². The normalized spacial score (nSPS) is 10.2. The van der Waals surface area contributed by atoms with Crippen molar-refractivity contribution in [2.45, 2.75) is 6.42 Å². The van der Waals surface area contributed by atoms with Crippen molar-refractivity contribution >= 4 is 17.6 Å². The number of rotatable bonds is 3. The summed E-state index contributed by atoms with van der Waals surface area (Å²) in [6.07, 6.45) is 1.69. The smallest absolute Gasteiger partial charge is 0.340 e. The van der Waals surface area contributed by atoms with E-state index in [1.54, 1.807) is 0 Å². The van der Waals surface area contributed by atoms with Crippen molar-refractivity contribution in [3.63, 3.8) is 0 Å². The third-order valence-electron chi connectivity index (χ3n) is 2.31. The van der Waals surface area contributed by atoms with Crippen LogP contribution in [0.4, 0.5) is 0 Å². The summed E-state index contributed by atoms with van der Waals surface area (Å²) in [5.74, 6) is -1.11. The minimum absolute atomic E-state index is 0.0292. The Morgan fingerprint density at radius 1 is 1.24 bits per heavy atom. The molecule has 0 amide bonds. The number of hydrogen-bond donors (Lipinski definition) is 1. The topological polar surface area (TPSA) is 63.1 Å². The Morgan fingerprint density at radius 2 is 1.94 bits per heavy atom. The second kappa shape index (κ2) is 4.93. The summed E-state index contributed by atoms with van der Waals surface area (Å²) >= 11 is 5.76. The molecule has 2 rings (SSSR count). The Hall–Kier alpha value is -1.94. The molecule has 17 heavy (non-hydrogen) atoms. The molecule has 5 heteroatoms. The summed E-state index contributed by atoms with van der Waals surface area (Å²) in [5, 5.41) is 9.03. The molecule has 1 aromatic heterocycles. The lowest BCUT2D eigenvalue weighted by Gasteiger charge is -2.05. The maximum atomic E-state index is 11.1. The van der Waals surface area contributed by atoms with Crippen LogP contribution >= 0.6 is 11.6 Å². The van der Waals surface area contributed by atoms with Crippen molar-refractivity contribution in [2.75, 3.05) is 0 Å². The molecule has 0 fully saturated rings. The molecule has 2 aromatic rings. The van der Waals surface area contributed by atoms with E-state index in [2.05, 4.69) is 9.97 Å². The molecule has 0 radical (unpaired) electrons. The molecule has 0 aliphatic rings. The number of halogens is 1. The van der Waals surface area contributed by atoms with Crippen molar-refractivity contribution in [1.82, 2.24) is 9.97 Å². The predicted octanol–water partition coefficient (Wildman–Crippen LogP) is 2.42. The zero-order chi connectivity index (χ0) is 12.3. The van der Waals surface area contributed by atoms with Crippen molar-refractivity contribution in [2.24, 2.45) is 0 Å². The van der Waals surface area contributed by atoms with Gasteiger partial charge in [0.05, 0.1) is 5.69 Å². The van der Waals surface area contributed by atoms with Crippen LogP contribution in [-0.2, 0) is 6.42 Å². The molecule has 0 saturated carbocycles. The SMILES string of the molecule is O=C(O)c1c(Cl)ncnc1Cc1ccccc1. The Morgan fingerprint density at radius 3 is 2.59 bits per heavy atom. The van der Waals surface area contributed by atoms with Crippen LogP contribution in [0.5, 0.6) is 0 Å². The largest absolute Gasteiger partial charge is 0.478 e. The van der Waals surface area contributed by atoms with Crippen molar-refractivity contribution in [3.8, 4) is 0 Å². The summed E-state index contributed by atoms with van der Waals surface area (Å²) in [7, 11) is 0. The molecule has 0 spiro atoms. The Kier molecular flexibility index (Phi) is 3.35. The molecule has 0 aliphatic carbocycles. The molecule has 0 saturated heterocycles. The number of carbonyl (C=O) groups is 1. The molecule has 1 heterocycles. The van der Waals surface area contributed by atoms with E-state index in [-0.39, 0.29) is 10.7 Å². The highest BCUT2D eigenvalue weighted by Gasteiger charge is 2.16. The lowest BCUT2D eigenvalue weighted by Crippen LogP contribution is -2.07. The molecule has 0 atom stereocenters. The van der Waals surface area contributed by atoms with Crippen LogP contribution in [0.3, 0.4) is 0 Å². The maximum Gasteiger partial charge on any atom is 0.340 e. The maximum absolute atomic E-state index is 11.1. The molecular weight excluding hydrogens is 240 g/mol. The standard InChI is InChI=1S/C12H9ClN2O2/c13-11-10(12(16)17)9(14-7-15-11)6-8-4-2-1-3-5-8/h1-5,7H,6H2,(H,16,17). The van der Waals surface area contributed by atoms with Gasteiger partial charge in [-0.05, 0) is 5.56 Å². The summed E-state index contributed by atoms with van der Waals surface area (Å²) < 4.78 is 0. The van der Waals surface area contributed by atoms with E-state index in [1.165, 1.54) is 6.33 Å². The van der Waals surface area contributed by atoms with Gasteiger partial charge in [0.25, 0.3) is 0 Å². The van der Waals surface area contributed by atoms with Gasteiger partial charge in [0.1, 0.15) is 17.0 Å². The molecule has 0 aliphatic heterocycles. The first-order valence-electron chi connectivity index (χ1n) is 4.95. The van der Waals surface area contributed by atoms with Gasteiger partial charge in [0.2, 0.25) is 0 Å². The minimum atomic E-state index is -1.11. The number of carboxylic acids is 1. The zero-order valence-electron chi connectivity index (χ0n) is 8.80. The number of aromatic carboxylic acids is 1. The Labute approximate surface area is 103 Å². The minimum Gasteiger partial charge on any atom is -0.478 e. The van der Waals surface area contributed by atoms with Crippen LogP contribution in [0.25, 0.3) is 0 Å². The van der Waals surface area contributed by atoms with Crippen LogP contribution in [0, 0.1) is 0 Å². The molecular formula is C12H9ClN2O2. The average Bonchev–Trinajstić information content (AvgIpc) is 2.30. The van der Waals surface area contributed by atoms with Crippen LogP contribution in [0.2, 0.25) is 5.15 Å². The van der Waals surface area contributed by atoms with E-state index in [1.807, 2.05) is 30.3 Å². The van der Waals surface area contributed by atoms with E-state index in [4.69, 9.17) is 16.7 Å².